The van der Waals surface area contributed by atoms with E-state index in [0.717, 1.165) is 17.9 Å². The predicted octanol–water partition coefficient (Wildman–Crippen LogP) is 3.97. The van der Waals surface area contributed by atoms with E-state index in [2.05, 4.69) is 27.7 Å². The molecule has 0 aliphatic rings. The average Bonchev–Trinajstić information content (AvgIpc) is 2.33. The highest BCUT2D eigenvalue weighted by molar-refractivity contribution is 5.58. The molecule has 0 saturated carbocycles. The van der Waals surface area contributed by atoms with Gasteiger partial charge in [-0.3, -0.25) is 0 Å². The second-order valence-corrected chi connectivity index (χ2v) is 4.52. The van der Waals surface area contributed by atoms with Crippen LogP contribution in [0, 0.1) is 20.8 Å². The molecule has 0 heterocycles. The first kappa shape index (κ1) is 13.9. The maximum absolute atomic E-state index is 5.50. The van der Waals surface area contributed by atoms with Gasteiger partial charge in [0.1, 0.15) is 0 Å². The lowest BCUT2D eigenvalue weighted by atomic mass is 9.92. The van der Waals surface area contributed by atoms with E-state index in [1.54, 1.807) is 14.2 Å². The quantitative estimate of drug-likeness (QED) is 0.770. The molecular formula is C15H24O2. The first-order valence-corrected chi connectivity index (χ1v) is 6.29. The monoisotopic (exact) mass is 236 g/mol. The fraction of sp³-hybridized carbons (Fsp3) is 0.600. The van der Waals surface area contributed by atoms with Crippen LogP contribution in [0.15, 0.2) is 0 Å². The molecule has 96 valence electrons. The molecule has 2 heteroatoms. The van der Waals surface area contributed by atoms with Crippen molar-refractivity contribution in [1.29, 1.82) is 0 Å². The molecule has 0 fully saturated rings. The molecule has 1 aromatic rings. The molecule has 0 aromatic heterocycles. The van der Waals surface area contributed by atoms with E-state index in [1.165, 1.54) is 35.1 Å². The summed E-state index contributed by atoms with van der Waals surface area (Å²) < 4.78 is 11.0. The van der Waals surface area contributed by atoms with Crippen LogP contribution in [0.3, 0.4) is 0 Å². The van der Waals surface area contributed by atoms with Gasteiger partial charge in [-0.15, -0.1) is 0 Å². The third-order valence-corrected chi connectivity index (χ3v) is 3.54. The summed E-state index contributed by atoms with van der Waals surface area (Å²) in [7, 11) is 3.42. The number of hydrogen-bond acceptors (Lipinski definition) is 2. The van der Waals surface area contributed by atoms with E-state index in [0.29, 0.717) is 0 Å². The summed E-state index contributed by atoms with van der Waals surface area (Å²) in [6.07, 6.45) is 3.55. The van der Waals surface area contributed by atoms with Gasteiger partial charge in [-0.25, -0.2) is 0 Å². The first-order chi connectivity index (χ1) is 8.08. The van der Waals surface area contributed by atoms with Gasteiger partial charge in [0.25, 0.3) is 0 Å². The Balaban J connectivity index is 3.36. The number of methoxy groups -OCH3 is 2. The summed E-state index contributed by atoms with van der Waals surface area (Å²) in [6, 6.07) is 0. The Morgan fingerprint density at radius 1 is 0.824 bits per heavy atom. The second-order valence-electron chi connectivity index (χ2n) is 4.52. The van der Waals surface area contributed by atoms with Crippen LogP contribution < -0.4 is 9.47 Å². The molecule has 0 bridgehead atoms. The summed E-state index contributed by atoms with van der Waals surface area (Å²) in [6.45, 7) is 8.62. The Morgan fingerprint density at radius 3 is 1.82 bits per heavy atom. The van der Waals surface area contributed by atoms with Crippen LogP contribution in [0.5, 0.6) is 11.5 Å². The van der Waals surface area contributed by atoms with E-state index in [1.807, 2.05) is 0 Å². The first-order valence-electron chi connectivity index (χ1n) is 6.29. The summed E-state index contributed by atoms with van der Waals surface area (Å²) >= 11 is 0. The molecule has 2 nitrogen and oxygen atoms in total. The molecule has 0 unspecified atom stereocenters. The van der Waals surface area contributed by atoms with Crippen LogP contribution in [0.25, 0.3) is 0 Å². The number of unbranched alkanes of at least 4 members (excludes halogenated alkanes) is 1. The topological polar surface area (TPSA) is 18.5 Å². The van der Waals surface area contributed by atoms with Crippen molar-refractivity contribution in [3.63, 3.8) is 0 Å². The van der Waals surface area contributed by atoms with Gasteiger partial charge in [0.2, 0.25) is 0 Å². The van der Waals surface area contributed by atoms with Crippen molar-refractivity contribution in [2.75, 3.05) is 14.2 Å². The van der Waals surface area contributed by atoms with Crippen LogP contribution in [0.1, 0.15) is 42.0 Å². The Hall–Kier alpha value is -1.18. The lowest BCUT2D eigenvalue weighted by Gasteiger charge is -2.20. The van der Waals surface area contributed by atoms with Gasteiger partial charge in [0.05, 0.1) is 14.2 Å². The molecule has 1 aromatic carbocycles. The van der Waals surface area contributed by atoms with Crippen LogP contribution in [-0.4, -0.2) is 14.2 Å². The van der Waals surface area contributed by atoms with Gasteiger partial charge in [-0.1, -0.05) is 13.3 Å². The lowest BCUT2D eigenvalue weighted by Crippen LogP contribution is -2.03. The number of benzene rings is 1. The Morgan fingerprint density at radius 2 is 1.35 bits per heavy atom. The van der Waals surface area contributed by atoms with Crippen LogP contribution in [-0.2, 0) is 6.42 Å². The fourth-order valence-corrected chi connectivity index (χ4v) is 2.38. The van der Waals surface area contributed by atoms with Gasteiger partial charge in [0.15, 0.2) is 11.5 Å². The van der Waals surface area contributed by atoms with Gasteiger partial charge < -0.3 is 9.47 Å². The highest BCUT2D eigenvalue weighted by Crippen LogP contribution is 2.39. The minimum atomic E-state index is 0.878. The van der Waals surface area contributed by atoms with Crippen molar-refractivity contribution in [3.05, 3.63) is 22.3 Å². The maximum Gasteiger partial charge on any atom is 0.164 e. The SMILES string of the molecule is CCCCc1c(C)c(C)c(OC)c(OC)c1C. The van der Waals surface area contributed by atoms with Gasteiger partial charge in [-0.05, 0) is 55.9 Å². The van der Waals surface area contributed by atoms with E-state index < -0.39 is 0 Å². The third kappa shape index (κ3) is 2.56. The Bertz CT molecular complexity index is 395. The van der Waals surface area contributed by atoms with E-state index in [-0.39, 0.29) is 0 Å². The molecule has 0 spiro atoms. The van der Waals surface area contributed by atoms with Crippen molar-refractivity contribution in [1.82, 2.24) is 0 Å². The molecule has 0 saturated heterocycles. The van der Waals surface area contributed by atoms with Crippen molar-refractivity contribution >= 4 is 0 Å². The van der Waals surface area contributed by atoms with E-state index in [9.17, 15) is 0 Å². The van der Waals surface area contributed by atoms with Crippen LogP contribution in [0.2, 0.25) is 0 Å². The lowest BCUT2D eigenvalue weighted by molar-refractivity contribution is 0.350. The van der Waals surface area contributed by atoms with Gasteiger partial charge in [-0.2, -0.15) is 0 Å². The molecule has 0 aliphatic heterocycles. The number of hydrogen-bond donors (Lipinski definition) is 0. The van der Waals surface area contributed by atoms with Gasteiger partial charge in [0, 0.05) is 0 Å². The second kappa shape index (κ2) is 5.95. The molecule has 0 atom stereocenters. The molecule has 1 rings (SSSR count). The largest absolute Gasteiger partial charge is 0.493 e. The van der Waals surface area contributed by atoms with Crippen molar-refractivity contribution in [2.24, 2.45) is 0 Å². The molecule has 17 heavy (non-hydrogen) atoms. The van der Waals surface area contributed by atoms with Crippen LogP contribution >= 0.6 is 0 Å². The van der Waals surface area contributed by atoms with Gasteiger partial charge >= 0.3 is 0 Å². The summed E-state index contributed by atoms with van der Waals surface area (Å²) in [5.41, 5.74) is 5.18. The van der Waals surface area contributed by atoms with Crippen molar-refractivity contribution < 1.29 is 9.47 Å². The fourth-order valence-electron chi connectivity index (χ4n) is 2.38. The van der Waals surface area contributed by atoms with E-state index >= 15 is 0 Å². The van der Waals surface area contributed by atoms with Crippen LogP contribution in [0.4, 0.5) is 0 Å². The number of rotatable bonds is 5. The zero-order chi connectivity index (χ0) is 13.0. The Kier molecular flexibility index (Phi) is 4.86. The zero-order valence-corrected chi connectivity index (χ0v) is 11.9. The average molecular weight is 236 g/mol. The normalized spacial score (nSPS) is 10.5. The maximum atomic E-state index is 5.50. The van der Waals surface area contributed by atoms with Crippen molar-refractivity contribution in [3.8, 4) is 11.5 Å². The zero-order valence-electron chi connectivity index (χ0n) is 11.9. The standard InChI is InChI=1S/C15H24O2/c1-7-8-9-13-10(2)11(3)14(16-5)15(17-6)12(13)4/h7-9H2,1-6H3. The molecule has 0 radical (unpaired) electrons. The highest BCUT2D eigenvalue weighted by Gasteiger charge is 2.17. The molecule has 0 aliphatic carbocycles. The van der Waals surface area contributed by atoms with Crippen molar-refractivity contribution in [2.45, 2.75) is 47.0 Å². The number of ether oxygens (including phenoxy) is 2. The van der Waals surface area contributed by atoms with E-state index in [4.69, 9.17) is 9.47 Å². The molecular weight excluding hydrogens is 212 g/mol. The smallest absolute Gasteiger partial charge is 0.164 e. The third-order valence-electron chi connectivity index (χ3n) is 3.54. The predicted molar refractivity (Wildman–Crippen MR) is 72.4 cm³/mol. The molecule has 0 N–H and O–H groups in total. The minimum absolute atomic E-state index is 0.878. The Labute approximate surface area is 105 Å². The highest BCUT2D eigenvalue weighted by atomic mass is 16.5. The minimum Gasteiger partial charge on any atom is -0.493 e. The summed E-state index contributed by atoms with van der Waals surface area (Å²) in [4.78, 5) is 0. The summed E-state index contributed by atoms with van der Waals surface area (Å²) in [5, 5.41) is 0. The molecule has 0 amide bonds. The summed E-state index contributed by atoms with van der Waals surface area (Å²) in [5.74, 6) is 1.77.